The highest BCUT2D eigenvalue weighted by atomic mass is 32.1. The van der Waals surface area contributed by atoms with Crippen LogP contribution >= 0.6 is 11.3 Å². The molecule has 0 amide bonds. The summed E-state index contributed by atoms with van der Waals surface area (Å²) in [4.78, 5) is 8.58. The van der Waals surface area contributed by atoms with Gasteiger partial charge in [-0.25, -0.2) is 9.97 Å². The molecule has 0 aliphatic carbocycles. The highest BCUT2D eigenvalue weighted by Crippen LogP contribution is 2.26. The number of aromatic amines is 1. The lowest BCUT2D eigenvalue weighted by molar-refractivity contribution is 1.09. The maximum absolute atomic E-state index is 4.51. The molecule has 2 aromatic heterocycles. The number of benzene rings is 1. The molecule has 0 aliphatic heterocycles. The molecule has 0 saturated heterocycles. The van der Waals surface area contributed by atoms with Gasteiger partial charge in [0, 0.05) is 10.9 Å². The van der Waals surface area contributed by atoms with Crippen LogP contribution in [0.5, 0.6) is 0 Å². The molecule has 0 spiro atoms. The summed E-state index contributed by atoms with van der Waals surface area (Å²) in [5.74, 6) is 0.715. The van der Waals surface area contributed by atoms with Gasteiger partial charge in [0.2, 0.25) is 0 Å². The van der Waals surface area contributed by atoms with Gasteiger partial charge in [-0.05, 0) is 0 Å². The maximum atomic E-state index is 4.51. The Morgan fingerprint density at radius 1 is 1.12 bits per heavy atom. The number of aromatic nitrogens is 4. The Labute approximate surface area is 96.0 Å². The van der Waals surface area contributed by atoms with Crippen molar-refractivity contribution >= 4 is 11.3 Å². The Bertz CT molecular complexity index is 571. The number of hydrogen-bond acceptors (Lipinski definition) is 4. The zero-order valence-corrected chi connectivity index (χ0v) is 9.11. The number of H-pyrrole nitrogens is 1. The van der Waals surface area contributed by atoms with Gasteiger partial charge < -0.3 is 0 Å². The molecule has 4 nitrogen and oxygen atoms in total. The van der Waals surface area contributed by atoms with E-state index in [1.807, 2.05) is 35.7 Å². The average Bonchev–Trinajstić information content (AvgIpc) is 3.01. The van der Waals surface area contributed by atoms with Gasteiger partial charge in [0.1, 0.15) is 6.33 Å². The fourth-order valence-corrected chi connectivity index (χ4v) is 2.21. The van der Waals surface area contributed by atoms with Gasteiger partial charge in [-0.3, -0.25) is 5.10 Å². The molecule has 2 heterocycles. The fraction of sp³-hybridized carbons (Fsp3) is 0. The molecule has 78 valence electrons. The summed E-state index contributed by atoms with van der Waals surface area (Å²) in [5, 5.41) is 9.49. The molecule has 0 unspecified atom stereocenters. The summed E-state index contributed by atoms with van der Waals surface area (Å²) < 4.78 is 0. The lowest BCUT2D eigenvalue weighted by atomic mass is 10.2. The van der Waals surface area contributed by atoms with Crippen LogP contribution in [0.3, 0.4) is 0 Å². The van der Waals surface area contributed by atoms with Crippen molar-refractivity contribution < 1.29 is 0 Å². The number of rotatable bonds is 2. The van der Waals surface area contributed by atoms with Gasteiger partial charge in [-0.2, -0.15) is 5.10 Å². The molecule has 3 aromatic rings. The van der Waals surface area contributed by atoms with E-state index in [4.69, 9.17) is 0 Å². The van der Waals surface area contributed by atoms with Crippen molar-refractivity contribution in [2.45, 2.75) is 0 Å². The van der Waals surface area contributed by atoms with E-state index < -0.39 is 0 Å². The third-order valence-corrected chi connectivity index (χ3v) is 3.04. The average molecular weight is 228 g/mol. The van der Waals surface area contributed by atoms with Crippen LogP contribution in [0.1, 0.15) is 0 Å². The van der Waals surface area contributed by atoms with Crippen molar-refractivity contribution in [1.82, 2.24) is 20.2 Å². The Kier molecular flexibility index (Phi) is 2.23. The van der Waals surface area contributed by atoms with Crippen LogP contribution < -0.4 is 0 Å². The zero-order valence-electron chi connectivity index (χ0n) is 8.29. The predicted molar refractivity (Wildman–Crippen MR) is 62.9 cm³/mol. The molecule has 5 heteroatoms. The minimum absolute atomic E-state index is 0.715. The van der Waals surface area contributed by atoms with Crippen LogP contribution in [0.4, 0.5) is 0 Å². The molecule has 1 N–H and O–H groups in total. The monoisotopic (exact) mass is 228 g/mol. The molecule has 0 aliphatic rings. The zero-order chi connectivity index (χ0) is 10.8. The second-order valence-electron chi connectivity index (χ2n) is 3.24. The van der Waals surface area contributed by atoms with E-state index in [0.717, 1.165) is 16.3 Å². The van der Waals surface area contributed by atoms with E-state index in [9.17, 15) is 0 Å². The first kappa shape index (κ1) is 9.23. The highest BCUT2D eigenvalue weighted by molar-refractivity contribution is 7.13. The normalized spacial score (nSPS) is 10.5. The van der Waals surface area contributed by atoms with Gasteiger partial charge in [-0.15, -0.1) is 11.3 Å². The lowest BCUT2D eigenvalue weighted by Crippen LogP contribution is -1.80. The number of hydrogen-bond donors (Lipinski definition) is 1. The second kappa shape index (κ2) is 3.86. The van der Waals surface area contributed by atoms with Crippen molar-refractivity contribution in [3.05, 3.63) is 42.0 Å². The summed E-state index contributed by atoms with van der Waals surface area (Å²) >= 11 is 1.56. The molecule has 0 radical (unpaired) electrons. The van der Waals surface area contributed by atoms with Crippen molar-refractivity contribution in [2.24, 2.45) is 0 Å². The fourth-order valence-electron chi connectivity index (χ4n) is 1.43. The third kappa shape index (κ3) is 1.61. The molecule has 0 saturated carbocycles. The third-order valence-electron chi connectivity index (χ3n) is 2.19. The second-order valence-corrected chi connectivity index (χ2v) is 4.10. The van der Waals surface area contributed by atoms with Crippen LogP contribution in [-0.2, 0) is 0 Å². The first-order valence-electron chi connectivity index (χ1n) is 4.80. The summed E-state index contributed by atoms with van der Waals surface area (Å²) in [5.41, 5.74) is 2.08. The first-order valence-corrected chi connectivity index (χ1v) is 5.68. The summed E-state index contributed by atoms with van der Waals surface area (Å²) in [6.45, 7) is 0. The Morgan fingerprint density at radius 3 is 2.75 bits per heavy atom. The predicted octanol–water partition coefficient (Wildman–Crippen LogP) is 2.60. The molecular formula is C11H8N4S. The number of nitrogens with zero attached hydrogens (tertiary/aromatic N) is 3. The van der Waals surface area contributed by atoms with Gasteiger partial charge in [-0.1, -0.05) is 30.3 Å². The SMILES string of the molecule is c1ccc(-c2csc(-c3ncn[nH]3)n2)cc1. The largest absolute Gasteiger partial charge is 0.257 e. The molecule has 0 atom stereocenters. The van der Waals surface area contributed by atoms with E-state index in [1.165, 1.54) is 6.33 Å². The summed E-state index contributed by atoms with van der Waals surface area (Å²) in [7, 11) is 0. The van der Waals surface area contributed by atoms with E-state index >= 15 is 0 Å². The van der Waals surface area contributed by atoms with Crippen LogP contribution in [0, 0.1) is 0 Å². The van der Waals surface area contributed by atoms with Gasteiger partial charge in [0.05, 0.1) is 5.69 Å². The lowest BCUT2D eigenvalue weighted by Gasteiger charge is -1.93. The first-order chi connectivity index (χ1) is 7.93. The van der Waals surface area contributed by atoms with Gasteiger partial charge >= 0.3 is 0 Å². The molecule has 0 bridgehead atoms. The molecule has 1 aromatic carbocycles. The number of thiazole rings is 1. The van der Waals surface area contributed by atoms with Crippen LogP contribution in [0.2, 0.25) is 0 Å². The molecule has 16 heavy (non-hydrogen) atoms. The van der Waals surface area contributed by atoms with Crippen molar-refractivity contribution in [2.75, 3.05) is 0 Å². The van der Waals surface area contributed by atoms with Gasteiger partial charge in [0.25, 0.3) is 0 Å². The number of nitrogens with one attached hydrogen (secondary N) is 1. The van der Waals surface area contributed by atoms with E-state index in [-0.39, 0.29) is 0 Å². The minimum Gasteiger partial charge on any atom is -0.257 e. The van der Waals surface area contributed by atoms with Crippen molar-refractivity contribution in [1.29, 1.82) is 0 Å². The van der Waals surface area contributed by atoms with Crippen LogP contribution in [0.25, 0.3) is 22.1 Å². The Hall–Kier alpha value is -2.01. The van der Waals surface area contributed by atoms with E-state index in [1.54, 1.807) is 11.3 Å². The molecule has 0 fully saturated rings. The van der Waals surface area contributed by atoms with E-state index in [0.29, 0.717) is 5.82 Å². The van der Waals surface area contributed by atoms with Crippen LogP contribution in [0.15, 0.2) is 42.0 Å². The van der Waals surface area contributed by atoms with Crippen molar-refractivity contribution in [3.8, 4) is 22.1 Å². The smallest absolute Gasteiger partial charge is 0.184 e. The molecule has 3 rings (SSSR count). The highest BCUT2D eigenvalue weighted by Gasteiger charge is 2.07. The maximum Gasteiger partial charge on any atom is 0.184 e. The summed E-state index contributed by atoms with van der Waals surface area (Å²) in [6.07, 6.45) is 1.49. The van der Waals surface area contributed by atoms with Crippen LogP contribution in [-0.4, -0.2) is 20.2 Å². The topological polar surface area (TPSA) is 54.5 Å². The Morgan fingerprint density at radius 2 is 2.00 bits per heavy atom. The quantitative estimate of drug-likeness (QED) is 0.733. The van der Waals surface area contributed by atoms with Gasteiger partial charge in [0.15, 0.2) is 10.8 Å². The molecular weight excluding hydrogens is 220 g/mol. The Balaban J connectivity index is 2.00. The van der Waals surface area contributed by atoms with Crippen molar-refractivity contribution in [3.63, 3.8) is 0 Å². The minimum atomic E-state index is 0.715. The standard InChI is InChI=1S/C11H8N4S/c1-2-4-8(5-3-1)9-6-16-11(14-9)10-12-7-13-15-10/h1-7H,(H,12,13,15). The summed E-state index contributed by atoms with van der Waals surface area (Å²) in [6, 6.07) is 10.1. The van der Waals surface area contributed by atoms with E-state index in [2.05, 4.69) is 20.2 Å².